The van der Waals surface area contributed by atoms with Crippen LogP contribution in [0.15, 0.2) is 40.4 Å². The van der Waals surface area contributed by atoms with E-state index < -0.39 is 0 Å². The van der Waals surface area contributed by atoms with Crippen LogP contribution >= 0.6 is 11.3 Å². The summed E-state index contributed by atoms with van der Waals surface area (Å²) in [4.78, 5) is 12.0. The fraction of sp³-hybridized carbons (Fsp3) is 0.312. The number of thiophene rings is 1. The van der Waals surface area contributed by atoms with Crippen molar-refractivity contribution in [1.82, 2.24) is 20.0 Å². The Morgan fingerprint density at radius 3 is 2.82 bits per heavy atom. The summed E-state index contributed by atoms with van der Waals surface area (Å²) in [7, 11) is 2.02. The number of nitrogens with zero attached hydrogens (tertiary/aromatic N) is 4. The lowest BCUT2D eigenvalue weighted by molar-refractivity contribution is 0.258. The molecule has 0 radical (unpaired) electrons. The van der Waals surface area contributed by atoms with E-state index in [2.05, 4.69) is 39.1 Å². The van der Waals surface area contributed by atoms with E-state index in [1.165, 1.54) is 5.56 Å². The van der Waals surface area contributed by atoms with Gasteiger partial charge in [0.15, 0.2) is 0 Å². The summed E-state index contributed by atoms with van der Waals surface area (Å²) in [5.74, 6) is 1.28. The minimum atomic E-state index is 0.607. The first-order valence-corrected chi connectivity index (χ1v) is 8.11. The van der Waals surface area contributed by atoms with Crippen molar-refractivity contribution in [2.45, 2.75) is 26.4 Å². The summed E-state index contributed by atoms with van der Waals surface area (Å²) < 4.78 is 5.32. The maximum Gasteiger partial charge on any atom is 0.241 e. The number of hydrogen-bond donors (Lipinski definition) is 0. The Bertz CT molecular complexity index is 706. The molecule has 0 aliphatic heterocycles. The molecule has 0 spiro atoms. The van der Waals surface area contributed by atoms with Crippen molar-refractivity contribution in [2.24, 2.45) is 0 Å². The Kier molecular flexibility index (Phi) is 4.60. The fourth-order valence-electron chi connectivity index (χ4n) is 2.15. The van der Waals surface area contributed by atoms with Gasteiger partial charge in [-0.3, -0.25) is 9.88 Å². The van der Waals surface area contributed by atoms with Crippen LogP contribution in [0.1, 0.15) is 24.1 Å². The summed E-state index contributed by atoms with van der Waals surface area (Å²) in [6, 6.07) is 8.16. The van der Waals surface area contributed by atoms with E-state index in [0.717, 1.165) is 23.5 Å². The average molecular weight is 314 g/mol. The summed E-state index contributed by atoms with van der Waals surface area (Å²) in [6.07, 6.45) is 2.95. The monoisotopic (exact) mass is 314 g/mol. The molecule has 0 aliphatic carbocycles. The number of aromatic nitrogens is 3. The summed E-state index contributed by atoms with van der Waals surface area (Å²) in [5.41, 5.74) is 2.29. The molecule has 22 heavy (non-hydrogen) atoms. The maximum atomic E-state index is 5.32. The largest absolute Gasteiger partial charge is 0.338 e. The van der Waals surface area contributed by atoms with E-state index >= 15 is 0 Å². The molecule has 0 fully saturated rings. The molecule has 3 heterocycles. The fourth-order valence-corrected chi connectivity index (χ4v) is 2.80. The second-order valence-electron chi connectivity index (χ2n) is 5.17. The normalized spacial score (nSPS) is 11.2. The lowest BCUT2D eigenvalue weighted by atomic mass is 10.2. The number of hydrogen-bond acceptors (Lipinski definition) is 6. The van der Waals surface area contributed by atoms with Gasteiger partial charge in [0.25, 0.3) is 0 Å². The third-order valence-corrected chi connectivity index (χ3v) is 4.21. The molecule has 6 heteroatoms. The molecular weight excluding hydrogens is 296 g/mol. The Morgan fingerprint density at radius 2 is 2.14 bits per heavy atom. The number of aryl methyl sites for hydroxylation is 1. The second-order valence-corrected chi connectivity index (χ2v) is 6.12. The topological polar surface area (TPSA) is 55.1 Å². The SMILES string of the molecule is CCc1ccc(CN(C)Cc2nc(-c3cccs3)no2)nc1. The van der Waals surface area contributed by atoms with Crippen molar-refractivity contribution in [2.75, 3.05) is 7.05 Å². The van der Waals surface area contributed by atoms with E-state index in [-0.39, 0.29) is 0 Å². The van der Waals surface area contributed by atoms with Crippen molar-refractivity contribution in [3.05, 3.63) is 53.0 Å². The number of pyridine rings is 1. The number of rotatable bonds is 6. The lowest BCUT2D eigenvalue weighted by Gasteiger charge is -2.13. The zero-order valence-corrected chi connectivity index (χ0v) is 13.5. The van der Waals surface area contributed by atoms with Crippen LogP contribution in [0.2, 0.25) is 0 Å². The Labute approximate surface area is 133 Å². The van der Waals surface area contributed by atoms with Crippen LogP contribution in [0, 0.1) is 0 Å². The van der Waals surface area contributed by atoms with Crippen molar-refractivity contribution in [3.63, 3.8) is 0 Å². The molecule has 3 rings (SSSR count). The molecule has 5 nitrogen and oxygen atoms in total. The summed E-state index contributed by atoms with van der Waals surface area (Å²) in [6.45, 7) is 3.49. The van der Waals surface area contributed by atoms with Crippen LogP contribution in [0.25, 0.3) is 10.7 Å². The highest BCUT2D eigenvalue weighted by molar-refractivity contribution is 7.13. The molecule has 0 unspecified atom stereocenters. The Morgan fingerprint density at radius 1 is 1.23 bits per heavy atom. The van der Waals surface area contributed by atoms with Gasteiger partial charge in [0.2, 0.25) is 11.7 Å². The molecule has 3 aromatic rings. The Balaban J connectivity index is 1.60. The molecule has 0 saturated heterocycles. The smallest absolute Gasteiger partial charge is 0.241 e. The highest BCUT2D eigenvalue weighted by atomic mass is 32.1. The predicted molar refractivity (Wildman–Crippen MR) is 86.4 cm³/mol. The molecule has 0 aromatic carbocycles. The van der Waals surface area contributed by atoms with E-state index in [9.17, 15) is 0 Å². The first-order chi connectivity index (χ1) is 10.7. The molecule has 3 aromatic heterocycles. The highest BCUT2D eigenvalue weighted by Crippen LogP contribution is 2.21. The van der Waals surface area contributed by atoms with Gasteiger partial charge < -0.3 is 4.52 Å². The lowest BCUT2D eigenvalue weighted by Crippen LogP contribution is -2.18. The van der Waals surface area contributed by atoms with E-state index in [0.29, 0.717) is 18.3 Å². The van der Waals surface area contributed by atoms with Gasteiger partial charge in [-0.1, -0.05) is 24.2 Å². The van der Waals surface area contributed by atoms with Crippen LogP contribution in [-0.2, 0) is 19.5 Å². The van der Waals surface area contributed by atoms with Gasteiger partial charge in [-0.05, 0) is 36.5 Å². The quantitative estimate of drug-likeness (QED) is 0.698. The zero-order chi connectivity index (χ0) is 15.4. The molecular formula is C16H18N4OS. The maximum absolute atomic E-state index is 5.32. The van der Waals surface area contributed by atoms with Crippen molar-refractivity contribution in [1.29, 1.82) is 0 Å². The van der Waals surface area contributed by atoms with Crippen molar-refractivity contribution < 1.29 is 4.52 Å². The standard InChI is InChI=1S/C16H18N4OS/c1-3-12-6-7-13(17-9-12)10-20(2)11-15-18-16(19-21-15)14-5-4-8-22-14/h4-9H,3,10-11H2,1-2H3. The summed E-state index contributed by atoms with van der Waals surface area (Å²) >= 11 is 1.61. The molecule has 0 N–H and O–H groups in total. The molecule has 0 aliphatic rings. The first-order valence-electron chi connectivity index (χ1n) is 7.23. The second kappa shape index (κ2) is 6.81. The molecule has 114 valence electrons. The van der Waals surface area contributed by atoms with Crippen LogP contribution < -0.4 is 0 Å². The molecule has 0 saturated carbocycles. The Hall–Kier alpha value is -2.05. The van der Waals surface area contributed by atoms with E-state index in [1.54, 1.807) is 11.3 Å². The predicted octanol–water partition coefficient (Wildman–Crippen LogP) is 3.39. The molecule has 0 bridgehead atoms. The summed E-state index contributed by atoms with van der Waals surface area (Å²) in [5, 5.41) is 6.03. The third-order valence-electron chi connectivity index (χ3n) is 3.34. The van der Waals surface area contributed by atoms with Crippen LogP contribution in [0.3, 0.4) is 0 Å². The van der Waals surface area contributed by atoms with Crippen molar-refractivity contribution >= 4 is 11.3 Å². The van der Waals surface area contributed by atoms with Gasteiger partial charge in [-0.25, -0.2) is 0 Å². The van der Waals surface area contributed by atoms with Crippen LogP contribution in [0.4, 0.5) is 0 Å². The molecule has 0 atom stereocenters. The van der Waals surface area contributed by atoms with Gasteiger partial charge >= 0.3 is 0 Å². The minimum absolute atomic E-state index is 0.607. The van der Waals surface area contributed by atoms with Gasteiger partial charge in [-0.15, -0.1) is 11.3 Å². The van der Waals surface area contributed by atoms with Gasteiger partial charge in [0, 0.05) is 12.7 Å². The van der Waals surface area contributed by atoms with Gasteiger partial charge in [-0.2, -0.15) is 4.98 Å². The van der Waals surface area contributed by atoms with Crippen LogP contribution in [-0.4, -0.2) is 27.1 Å². The van der Waals surface area contributed by atoms with Gasteiger partial charge in [0.05, 0.1) is 17.1 Å². The van der Waals surface area contributed by atoms with E-state index in [4.69, 9.17) is 4.52 Å². The first kappa shape index (κ1) is 14.9. The highest BCUT2D eigenvalue weighted by Gasteiger charge is 2.11. The van der Waals surface area contributed by atoms with E-state index in [1.807, 2.05) is 30.8 Å². The average Bonchev–Trinajstić information content (AvgIpc) is 3.19. The zero-order valence-electron chi connectivity index (χ0n) is 12.7. The van der Waals surface area contributed by atoms with Crippen molar-refractivity contribution in [3.8, 4) is 10.7 Å². The third kappa shape index (κ3) is 3.58. The molecule has 0 amide bonds. The van der Waals surface area contributed by atoms with Crippen LogP contribution in [0.5, 0.6) is 0 Å². The minimum Gasteiger partial charge on any atom is -0.338 e. The van der Waals surface area contributed by atoms with Gasteiger partial charge in [0.1, 0.15) is 0 Å².